The molecule has 0 saturated carbocycles. The molecule has 0 radical (unpaired) electrons. The zero-order valence-electron chi connectivity index (χ0n) is 14.3. The Labute approximate surface area is 153 Å². The summed E-state index contributed by atoms with van der Waals surface area (Å²) in [6.07, 6.45) is -0.395. The fourth-order valence-corrected chi connectivity index (χ4v) is 4.51. The second-order valence-corrected chi connectivity index (χ2v) is 7.67. The van der Waals surface area contributed by atoms with Gasteiger partial charge in [0.05, 0.1) is 6.10 Å². The van der Waals surface area contributed by atoms with Crippen molar-refractivity contribution in [2.45, 2.75) is 12.6 Å². The average Bonchev–Trinajstić information content (AvgIpc) is 3.07. The van der Waals surface area contributed by atoms with Crippen LogP contribution in [0, 0.1) is 0 Å². The molecule has 4 heteroatoms. The monoisotopic (exact) mass is 352 g/mol. The predicted molar refractivity (Wildman–Crippen MR) is 105 cm³/mol. The first-order valence-electron chi connectivity index (χ1n) is 8.92. The van der Waals surface area contributed by atoms with E-state index >= 15 is 0 Å². The highest BCUT2D eigenvalue weighted by molar-refractivity contribution is 7.17. The minimum Gasteiger partial charge on any atom is -0.387 e. The lowest BCUT2D eigenvalue weighted by molar-refractivity contribution is 0.0703. The summed E-state index contributed by atoms with van der Waals surface area (Å²) in [5.41, 5.74) is 2.45. The van der Waals surface area contributed by atoms with Gasteiger partial charge in [-0.3, -0.25) is 9.80 Å². The fraction of sp³-hybridized carbons (Fsp3) is 0.333. The zero-order valence-corrected chi connectivity index (χ0v) is 15.2. The molecule has 2 aromatic carbocycles. The van der Waals surface area contributed by atoms with Crippen LogP contribution in [0.1, 0.15) is 17.2 Å². The molecule has 1 fully saturated rings. The molecule has 1 aromatic heterocycles. The van der Waals surface area contributed by atoms with Crippen molar-refractivity contribution in [1.29, 1.82) is 0 Å². The minimum atomic E-state index is -0.395. The van der Waals surface area contributed by atoms with Gasteiger partial charge in [-0.15, -0.1) is 11.3 Å². The second kappa shape index (κ2) is 7.67. The number of hydrogen-bond acceptors (Lipinski definition) is 4. The molecule has 25 heavy (non-hydrogen) atoms. The molecule has 0 spiro atoms. The molecule has 3 aromatic rings. The normalized spacial score (nSPS) is 17.8. The van der Waals surface area contributed by atoms with Gasteiger partial charge in [0, 0.05) is 44.0 Å². The van der Waals surface area contributed by atoms with Crippen LogP contribution in [0.4, 0.5) is 0 Å². The molecular formula is C21H24N2OS. The summed E-state index contributed by atoms with van der Waals surface area (Å²) >= 11 is 1.84. The SMILES string of the molecule is O[C@H](CN1CCN(Cc2csc3ccccc23)CC1)c1ccccc1. The van der Waals surface area contributed by atoms with E-state index in [4.69, 9.17) is 0 Å². The Kier molecular flexibility index (Phi) is 5.13. The van der Waals surface area contributed by atoms with Crippen LogP contribution in [0.2, 0.25) is 0 Å². The van der Waals surface area contributed by atoms with Gasteiger partial charge in [0.15, 0.2) is 0 Å². The number of aliphatic hydroxyl groups is 1. The Hall–Kier alpha value is -1.72. The largest absolute Gasteiger partial charge is 0.387 e. The van der Waals surface area contributed by atoms with Crippen LogP contribution in [0.25, 0.3) is 10.1 Å². The number of piperazine rings is 1. The Morgan fingerprint density at radius 3 is 2.36 bits per heavy atom. The van der Waals surface area contributed by atoms with E-state index in [0.29, 0.717) is 0 Å². The molecule has 0 unspecified atom stereocenters. The maximum atomic E-state index is 10.4. The number of aliphatic hydroxyl groups excluding tert-OH is 1. The van der Waals surface area contributed by atoms with E-state index in [9.17, 15) is 5.11 Å². The number of hydrogen-bond donors (Lipinski definition) is 1. The molecule has 1 aliphatic rings. The Morgan fingerprint density at radius 1 is 0.880 bits per heavy atom. The van der Waals surface area contributed by atoms with E-state index in [1.54, 1.807) is 0 Å². The highest BCUT2D eigenvalue weighted by atomic mass is 32.1. The molecule has 4 rings (SSSR count). The topological polar surface area (TPSA) is 26.7 Å². The third-order valence-electron chi connectivity index (χ3n) is 5.04. The smallest absolute Gasteiger partial charge is 0.0916 e. The third-order valence-corrected chi connectivity index (χ3v) is 6.05. The lowest BCUT2D eigenvalue weighted by Gasteiger charge is -2.35. The quantitative estimate of drug-likeness (QED) is 0.757. The molecule has 2 heterocycles. The summed E-state index contributed by atoms with van der Waals surface area (Å²) < 4.78 is 1.38. The molecule has 1 saturated heterocycles. The molecule has 1 aliphatic heterocycles. The van der Waals surface area contributed by atoms with E-state index < -0.39 is 6.10 Å². The highest BCUT2D eigenvalue weighted by Crippen LogP contribution is 2.27. The van der Waals surface area contributed by atoms with Crippen molar-refractivity contribution >= 4 is 21.4 Å². The summed E-state index contributed by atoms with van der Waals surface area (Å²) in [6, 6.07) is 18.6. The van der Waals surface area contributed by atoms with Crippen molar-refractivity contribution in [3.8, 4) is 0 Å². The van der Waals surface area contributed by atoms with Crippen LogP contribution in [0.15, 0.2) is 60.0 Å². The third kappa shape index (κ3) is 3.93. The predicted octanol–water partition coefficient (Wildman–Crippen LogP) is 3.75. The van der Waals surface area contributed by atoms with E-state index in [2.05, 4.69) is 39.4 Å². The molecule has 0 bridgehead atoms. The molecule has 130 valence electrons. The van der Waals surface area contributed by atoms with Gasteiger partial charge in [0.2, 0.25) is 0 Å². The van der Waals surface area contributed by atoms with Crippen LogP contribution < -0.4 is 0 Å². The lowest BCUT2D eigenvalue weighted by atomic mass is 10.1. The molecule has 1 atom stereocenters. The summed E-state index contributed by atoms with van der Waals surface area (Å²) in [7, 11) is 0. The number of β-amino-alcohol motifs (C(OH)–C–C–N with tert-alkyl or cyclic N) is 1. The van der Waals surface area contributed by atoms with Crippen LogP contribution in [0.3, 0.4) is 0 Å². The number of benzene rings is 2. The van der Waals surface area contributed by atoms with E-state index in [-0.39, 0.29) is 0 Å². The standard InChI is InChI=1S/C21H24N2OS/c24-20(17-6-2-1-3-7-17)15-23-12-10-22(11-13-23)14-18-16-25-21-9-5-4-8-19(18)21/h1-9,16,20,24H,10-15H2/t20-/m1/s1. The summed E-state index contributed by atoms with van der Waals surface area (Å²) in [6.45, 7) is 5.91. The van der Waals surface area contributed by atoms with Crippen LogP contribution >= 0.6 is 11.3 Å². The van der Waals surface area contributed by atoms with Crippen LogP contribution in [-0.2, 0) is 6.54 Å². The van der Waals surface area contributed by atoms with Gasteiger partial charge in [-0.05, 0) is 28.0 Å². The fourth-order valence-electron chi connectivity index (χ4n) is 3.55. The van der Waals surface area contributed by atoms with E-state index in [0.717, 1.165) is 44.8 Å². The molecule has 0 aliphatic carbocycles. The first-order valence-corrected chi connectivity index (χ1v) is 9.80. The number of fused-ring (bicyclic) bond motifs is 1. The van der Waals surface area contributed by atoms with Crippen molar-refractivity contribution in [2.75, 3.05) is 32.7 Å². The molecule has 3 nitrogen and oxygen atoms in total. The second-order valence-electron chi connectivity index (χ2n) is 6.76. The van der Waals surface area contributed by atoms with Gasteiger partial charge in [-0.25, -0.2) is 0 Å². The Balaban J connectivity index is 1.31. The van der Waals surface area contributed by atoms with Gasteiger partial charge in [0.1, 0.15) is 0 Å². The number of thiophene rings is 1. The summed E-state index contributed by atoms with van der Waals surface area (Å²) in [5, 5.41) is 14.1. The summed E-state index contributed by atoms with van der Waals surface area (Å²) in [5.74, 6) is 0. The maximum absolute atomic E-state index is 10.4. The first-order chi connectivity index (χ1) is 12.3. The van der Waals surface area contributed by atoms with E-state index in [1.165, 1.54) is 15.6 Å². The van der Waals surface area contributed by atoms with E-state index in [1.807, 2.05) is 41.7 Å². The van der Waals surface area contributed by atoms with Gasteiger partial charge in [-0.2, -0.15) is 0 Å². The first kappa shape index (κ1) is 16.7. The molecular weight excluding hydrogens is 328 g/mol. The number of rotatable bonds is 5. The van der Waals surface area contributed by atoms with Gasteiger partial charge < -0.3 is 5.11 Å². The van der Waals surface area contributed by atoms with Crippen LogP contribution in [-0.4, -0.2) is 47.6 Å². The van der Waals surface area contributed by atoms with Crippen molar-refractivity contribution in [3.63, 3.8) is 0 Å². The van der Waals surface area contributed by atoms with Crippen molar-refractivity contribution < 1.29 is 5.11 Å². The number of nitrogens with zero attached hydrogens (tertiary/aromatic N) is 2. The summed E-state index contributed by atoms with van der Waals surface area (Å²) in [4.78, 5) is 4.90. The molecule has 0 amide bonds. The zero-order chi connectivity index (χ0) is 17.1. The average molecular weight is 353 g/mol. The maximum Gasteiger partial charge on any atom is 0.0916 e. The van der Waals surface area contributed by atoms with Crippen molar-refractivity contribution in [2.24, 2.45) is 0 Å². The van der Waals surface area contributed by atoms with Gasteiger partial charge in [-0.1, -0.05) is 48.5 Å². The van der Waals surface area contributed by atoms with Crippen molar-refractivity contribution in [3.05, 3.63) is 71.1 Å². The molecule has 1 N–H and O–H groups in total. The van der Waals surface area contributed by atoms with Crippen LogP contribution in [0.5, 0.6) is 0 Å². The Morgan fingerprint density at radius 2 is 1.56 bits per heavy atom. The van der Waals surface area contributed by atoms with Gasteiger partial charge >= 0.3 is 0 Å². The van der Waals surface area contributed by atoms with Crippen molar-refractivity contribution in [1.82, 2.24) is 9.80 Å². The van der Waals surface area contributed by atoms with Gasteiger partial charge in [0.25, 0.3) is 0 Å². The Bertz CT molecular complexity index is 809. The minimum absolute atomic E-state index is 0.395. The lowest BCUT2D eigenvalue weighted by Crippen LogP contribution is -2.47. The highest BCUT2D eigenvalue weighted by Gasteiger charge is 2.20.